The number of aromatic nitrogens is 3. The van der Waals surface area contributed by atoms with Gasteiger partial charge in [0, 0.05) is 6.08 Å². The van der Waals surface area contributed by atoms with E-state index in [0.717, 1.165) is 0 Å². The Morgan fingerprint density at radius 3 is 3.00 bits per heavy atom. The molecule has 0 spiro atoms. The highest BCUT2D eigenvalue weighted by molar-refractivity contribution is 5.88. The predicted molar refractivity (Wildman–Crippen MR) is 35.5 cm³/mol. The average molecular weight is 137 g/mol. The molecule has 0 fully saturated rings. The van der Waals surface area contributed by atoms with E-state index in [-0.39, 0.29) is 5.91 Å². The minimum atomic E-state index is -0.181. The summed E-state index contributed by atoms with van der Waals surface area (Å²) in [6.07, 6.45) is 5.77. The molecule has 0 saturated heterocycles. The fourth-order valence-corrected chi connectivity index (χ4v) is 0.541. The zero-order valence-electron chi connectivity index (χ0n) is 5.56. The van der Waals surface area contributed by atoms with Gasteiger partial charge in [0.05, 0.1) is 0 Å². The van der Waals surface area contributed by atoms with Crippen LogP contribution in [0.25, 0.3) is 0 Å². The largest absolute Gasteiger partial charge is 0.272 e. The van der Waals surface area contributed by atoms with Crippen LogP contribution < -0.4 is 0 Å². The smallest absolute Gasteiger partial charge is 0.267 e. The Balaban J connectivity index is 2.78. The molecule has 0 radical (unpaired) electrons. The lowest BCUT2D eigenvalue weighted by atomic mass is 10.5. The van der Waals surface area contributed by atoms with Gasteiger partial charge >= 0.3 is 0 Å². The van der Waals surface area contributed by atoms with Crippen LogP contribution in [0.3, 0.4) is 0 Å². The van der Waals surface area contributed by atoms with Crippen LogP contribution in [0.4, 0.5) is 0 Å². The van der Waals surface area contributed by atoms with Crippen molar-refractivity contribution >= 4 is 5.91 Å². The molecule has 10 heavy (non-hydrogen) atoms. The van der Waals surface area contributed by atoms with Gasteiger partial charge in [-0.2, -0.15) is 9.78 Å². The van der Waals surface area contributed by atoms with Crippen LogP contribution in [0.2, 0.25) is 0 Å². The number of nitrogens with zero attached hydrogens (tertiary/aromatic N) is 3. The molecule has 1 aromatic heterocycles. The Bertz CT molecular complexity index is 238. The lowest BCUT2D eigenvalue weighted by molar-refractivity contribution is 0.0953. The van der Waals surface area contributed by atoms with Crippen LogP contribution in [-0.4, -0.2) is 20.7 Å². The molecule has 1 aromatic rings. The van der Waals surface area contributed by atoms with Gasteiger partial charge in [0.25, 0.3) is 5.91 Å². The average Bonchev–Trinajstić information content (AvgIpc) is 2.38. The summed E-state index contributed by atoms with van der Waals surface area (Å²) < 4.78 is 1.17. The molecule has 0 atom stereocenters. The molecule has 0 amide bonds. The van der Waals surface area contributed by atoms with Gasteiger partial charge in [0.2, 0.25) is 0 Å². The van der Waals surface area contributed by atoms with E-state index < -0.39 is 0 Å². The molecule has 0 aliphatic rings. The first-order valence-electron chi connectivity index (χ1n) is 2.86. The third-order valence-electron chi connectivity index (χ3n) is 0.954. The van der Waals surface area contributed by atoms with Crippen LogP contribution in [0, 0.1) is 0 Å². The van der Waals surface area contributed by atoms with Gasteiger partial charge < -0.3 is 0 Å². The van der Waals surface area contributed by atoms with Crippen LogP contribution in [0.15, 0.2) is 24.8 Å². The Hall–Kier alpha value is -1.45. The van der Waals surface area contributed by atoms with Gasteiger partial charge in [0.15, 0.2) is 0 Å². The monoisotopic (exact) mass is 137 g/mol. The second-order valence-electron chi connectivity index (χ2n) is 1.68. The van der Waals surface area contributed by atoms with Crippen molar-refractivity contribution in [3.8, 4) is 0 Å². The van der Waals surface area contributed by atoms with Crippen LogP contribution >= 0.6 is 0 Å². The number of carbonyl (C=O) groups excluding carboxylic acids is 1. The first kappa shape index (κ1) is 6.67. The van der Waals surface area contributed by atoms with E-state index in [9.17, 15) is 4.79 Å². The van der Waals surface area contributed by atoms with Crippen molar-refractivity contribution in [2.24, 2.45) is 0 Å². The first-order valence-corrected chi connectivity index (χ1v) is 2.86. The zero-order chi connectivity index (χ0) is 7.40. The molecule has 0 aliphatic heterocycles. The zero-order valence-corrected chi connectivity index (χ0v) is 5.56. The molecule has 0 aromatic carbocycles. The second-order valence-corrected chi connectivity index (χ2v) is 1.68. The fraction of sp³-hybridized carbons (Fsp3) is 0.167. The van der Waals surface area contributed by atoms with Gasteiger partial charge in [-0.05, 0) is 6.92 Å². The normalized spacial score (nSPS) is 10.5. The van der Waals surface area contributed by atoms with Crippen LogP contribution in [-0.2, 0) is 0 Å². The van der Waals surface area contributed by atoms with Crippen molar-refractivity contribution in [3.05, 3.63) is 24.8 Å². The summed E-state index contributed by atoms with van der Waals surface area (Å²) >= 11 is 0. The lowest BCUT2D eigenvalue weighted by Gasteiger charge is -1.88. The number of hydrogen-bond acceptors (Lipinski definition) is 3. The molecule has 0 bridgehead atoms. The van der Waals surface area contributed by atoms with Crippen molar-refractivity contribution in [1.82, 2.24) is 14.8 Å². The number of carbonyl (C=O) groups is 1. The summed E-state index contributed by atoms with van der Waals surface area (Å²) in [7, 11) is 0. The molecule has 4 nitrogen and oxygen atoms in total. The SMILES string of the molecule is CC=CC(=O)n1cncn1. The van der Waals surface area contributed by atoms with Crippen LogP contribution in [0.5, 0.6) is 0 Å². The van der Waals surface area contributed by atoms with Crippen molar-refractivity contribution in [2.75, 3.05) is 0 Å². The molecule has 1 rings (SSSR count). The van der Waals surface area contributed by atoms with Crippen LogP contribution in [0.1, 0.15) is 11.7 Å². The number of rotatable bonds is 1. The highest BCUT2D eigenvalue weighted by Crippen LogP contribution is 1.82. The minimum absolute atomic E-state index is 0.181. The first-order chi connectivity index (χ1) is 4.84. The molecule has 52 valence electrons. The Morgan fingerprint density at radius 1 is 1.70 bits per heavy atom. The summed E-state index contributed by atoms with van der Waals surface area (Å²) in [5.41, 5.74) is 0. The van der Waals surface area contributed by atoms with E-state index in [0.29, 0.717) is 0 Å². The predicted octanol–water partition coefficient (Wildman–Crippen LogP) is 0.494. The van der Waals surface area contributed by atoms with Crippen molar-refractivity contribution in [3.63, 3.8) is 0 Å². The van der Waals surface area contributed by atoms with E-state index in [1.165, 1.54) is 23.4 Å². The van der Waals surface area contributed by atoms with Crippen molar-refractivity contribution in [1.29, 1.82) is 0 Å². The van der Waals surface area contributed by atoms with Gasteiger partial charge in [0.1, 0.15) is 12.7 Å². The van der Waals surface area contributed by atoms with E-state index in [1.807, 2.05) is 0 Å². The molecule has 1 heterocycles. The van der Waals surface area contributed by atoms with Gasteiger partial charge in [-0.1, -0.05) is 6.08 Å². The molecule has 4 heteroatoms. The maximum atomic E-state index is 10.9. The standard InChI is InChI=1S/C6H7N3O/c1-2-3-6(10)9-5-7-4-8-9/h2-5H,1H3. The fourth-order valence-electron chi connectivity index (χ4n) is 0.541. The summed E-state index contributed by atoms with van der Waals surface area (Å²) in [4.78, 5) is 14.5. The quantitative estimate of drug-likeness (QED) is 0.529. The molecule has 0 aliphatic carbocycles. The summed E-state index contributed by atoms with van der Waals surface area (Å²) in [5, 5.41) is 3.64. The van der Waals surface area contributed by atoms with Gasteiger partial charge in [-0.25, -0.2) is 4.98 Å². The highest BCUT2D eigenvalue weighted by Gasteiger charge is 1.96. The van der Waals surface area contributed by atoms with E-state index >= 15 is 0 Å². The molecule has 0 saturated carbocycles. The molecule has 0 N–H and O–H groups in total. The summed E-state index contributed by atoms with van der Waals surface area (Å²) in [6, 6.07) is 0. The van der Waals surface area contributed by atoms with Crippen molar-refractivity contribution in [2.45, 2.75) is 6.92 Å². The molecule has 0 unspecified atom stereocenters. The van der Waals surface area contributed by atoms with E-state index in [1.54, 1.807) is 13.0 Å². The van der Waals surface area contributed by atoms with E-state index in [2.05, 4.69) is 10.1 Å². The maximum absolute atomic E-state index is 10.9. The highest BCUT2D eigenvalue weighted by atomic mass is 16.2. The Labute approximate surface area is 58.2 Å². The third-order valence-corrected chi connectivity index (χ3v) is 0.954. The summed E-state index contributed by atoms with van der Waals surface area (Å²) in [5.74, 6) is -0.181. The molecular formula is C6H7N3O. The molecular weight excluding hydrogens is 130 g/mol. The van der Waals surface area contributed by atoms with Gasteiger partial charge in [-0.15, -0.1) is 0 Å². The van der Waals surface area contributed by atoms with Crippen molar-refractivity contribution < 1.29 is 4.79 Å². The maximum Gasteiger partial charge on any atom is 0.272 e. The minimum Gasteiger partial charge on any atom is -0.267 e. The second kappa shape index (κ2) is 2.91. The van der Waals surface area contributed by atoms with Gasteiger partial charge in [-0.3, -0.25) is 4.79 Å². The third kappa shape index (κ3) is 1.28. The summed E-state index contributed by atoms with van der Waals surface area (Å²) in [6.45, 7) is 1.77. The van der Waals surface area contributed by atoms with E-state index in [4.69, 9.17) is 0 Å². The number of hydrogen-bond donors (Lipinski definition) is 0. The Morgan fingerprint density at radius 2 is 2.50 bits per heavy atom. The lowest BCUT2D eigenvalue weighted by Crippen LogP contribution is -2.06. The Kier molecular flexibility index (Phi) is 1.94. The topological polar surface area (TPSA) is 47.8 Å². The number of allylic oxidation sites excluding steroid dienone is 2.